The minimum atomic E-state index is -1.00. The van der Waals surface area contributed by atoms with E-state index in [0.29, 0.717) is 12.1 Å². The van der Waals surface area contributed by atoms with Gasteiger partial charge >= 0.3 is 5.97 Å². The van der Waals surface area contributed by atoms with Gasteiger partial charge in [-0.15, -0.1) is 11.3 Å². The van der Waals surface area contributed by atoms with Crippen molar-refractivity contribution in [1.29, 1.82) is 0 Å². The molecule has 2 rings (SSSR count). The van der Waals surface area contributed by atoms with Gasteiger partial charge in [0.05, 0.1) is 17.2 Å². The molecular weight excluding hydrogens is 288 g/mol. The Labute approximate surface area is 126 Å². The Morgan fingerprint density at radius 3 is 2.62 bits per heavy atom. The maximum Gasteiger partial charge on any atom is 0.328 e. The molecule has 6 heteroatoms. The second-order valence-corrected chi connectivity index (χ2v) is 5.40. The van der Waals surface area contributed by atoms with Gasteiger partial charge in [-0.25, -0.2) is 9.78 Å². The molecule has 0 bridgehead atoms. The number of hydrogen-bond donors (Lipinski definition) is 2. The summed E-state index contributed by atoms with van der Waals surface area (Å²) in [6, 6.07) is 6.70. The summed E-state index contributed by atoms with van der Waals surface area (Å²) < 4.78 is 0. The molecule has 0 radical (unpaired) electrons. The maximum atomic E-state index is 12.0. The number of carbonyl (C=O) groups excluding carboxylic acids is 1. The van der Waals surface area contributed by atoms with Crippen LogP contribution in [-0.2, 0) is 11.3 Å². The van der Waals surface area contributed by atoms with Crippen molar-refractivity contribution in [3.05, 3.63) is 57.6 Å². The number of benzene rings is 1. The van der Waals surface area contributed by atoms with Crippen LogP contribution in [0.4, 0.5) is 0 Å². The molecule has 21 heavy (non-hydrogen) atoms. The second kappa shape index (κ2) is 6.81. The SMILES string of the molecule is Cc1nc(CNC(=O)c2ccc(C=CC(=O)O)cc2)cs1. The van der Waals surface area contributed by atoms with E-state index in [1.165, 1.54) is 6.08 Å². The highest BCUT2D eigenvalue weighted by Gasteiger charge is 2.06. The van der Waals surface area contributed by atoms with Gasteiger partial charge in [0, 0.05) is 17.0 Å². The van der Waals surface area contributed by atoms with E-state index < -0.39 is 5.97 Å². The first-order chi connectivity index (χ1) is 10.0. The molecule has 0 aliphatic rings. The topological polar surface area (TPSA) is 79.3 Å². The normalized spacial score (nSPS) is 10.7. The monoisotopic (exact) mass is 302 g/mol. The number of thiazole rings is 1. The van der Waals surface area contributed by atoms with E-state index in [-0.39, 0.29) is 5.91 Å². The number of amides is 1. The summed E-state index contributed by atoms with van der Waals surface area (Å²) in [7, 11) is 0. The third-order valence-corrected chi connectivity index (χ3v) is 3.51. The number of nitrogens with zero attached hydrogens (tertiary/aromatic N) is 1. The lowest BCUT2D eigenvalue weighted by atomic mass is 10.1. The smallest absolute Gasteiger partial charge is 0.328 e. The number of carboxylic acid groups (broad SMARTS) is 1. The van der Waals surface area contributed by atoms with Crippen molar-refractivity contribution in [1.82, 2.24) is 10.3 Å². The lowest BCUT2D eigenvalue weighted by molar-refractivity contribution is -0.131. The van der Waals surface area contributed by atoms with Gasteiger partial charge in [-0.3, -0.25) is 4.79 Å². The first kappa shape index (κ1) is 14.9. The Morgan fingerprint density at radius 1 is 1.33 bits per heavy atom. The molecule has 0 unspecified atom stereocenters. The van der Waals surface area contributed by atoms with E-state index in [0.717, 1.165) is 22.3 Å². The molecular formula is C15H14N2O3S. The van der Waals surface area contributed by atoms with Crippen LogP contribution in [0.25, 0.3) is 6.08 Å². The van der Waals surface area contributed by atoms with Gasteiger partial charge in [0.2, 0.25) is 0 Å². The minimum Gasteiger partial charge on any atom is -0.478 e. The van der Waals surface area contributed by atoms with Gasteiger partial charge in [-0.05, 0) is 30.7 Å². The molecule has 0 aliphatic carbocycles. The Hall–Kier alpha value is -2.47. The van der Waals surface area contributed by atoms with E-state index in [2.05, 4.69) is 10.3 Å². The predicted octanol–water partition coefficient (Wildman–Crippen LogP) is 2.48. The van der Waals surface area contributed by atoms with Crippen LogP contribution in [-0.4, -0.2) is 22.0 Å². The summed E-state index contributed by atoms with van der Waals surface area (Å²) in [6.07, 6.45) is 2.53. The van der Waals surface area contributed by atoms with Crippen LogP contribution >= 0.6 is 11.3 Å². The Balaban J connectivity index is 1.95. The van der Waals surface area contributed by atoms with Crippen LogP contribution in [0.15, 0.2) is 35.7 Å². The summed E-state index contributed by atoms with van der Waals surface area (Å²) in [5.41, 5.74) is 2.09. The predicted molar refractivity (Wildman–Crippen MR) is 81.1 cm³/mol. The molecule has 1 aromatic heterocycles. The summed E-state index contributed by atoms with van der Waals surface area (Å²) in [6.45, 7) is 2.31. The third-order valence-electron chi connectivity index (χ3n) is 2.69. The van der Waals surface area contributed by atoms with Gasteiger partial charge < -0.3 is 10.4 Å². The van der Waals surface area contributed by atoms with Gasteiger partial charge in [0.1, 0.15) is 0 Å². The minimum absolute atomic E-state index is 0.186. The van der Waals surface area contributed by atoms with Gasteiger partial charge in [0.15, 0.2) is 0 Å². The highest BCUT2D eigenvalue weighted by Crippen LogP contribution is 2.09. The summed E-state index contributed by atoms with van der Waals surface area (Å²) in [5.74, 6) is -1.19. The maximum absolute atomic E-state index is 12.0. The van der Waals surface area contributed by atoms with Gasteiger partial charge in [0.25, 0.3) is 5.91 Å². The largest absolute Gasteiger partial charge is 0.478 e. The van der Waals surface area contributed by atoms with E-state index in [4.69, 9.17) is 5.11 Å². The fraction of sp³-hybridized carbons (Fsp3) is 0.133. The van der Waals surface area contributed by atoms with Crippen LogP contribution in [0, 0.1) is 6.92 Å². The summed E-state index contributed by atoms with van der Waals surface area (Å²) >= 11 is 1.54. The quantitative estimate of drug-likeness (QED) is 0.832. The lowest BCUT2D eigenvalue weighted by Gasteiger charge is -2.03. The molecule has 0 aliphatic heterocycles. The molecule has 0 spiro atoms. The van der Waals surface area contributed by atoms with Crippen molar-refractivity contribution < 1.29 is 14.7 Å². The number of aromatic nitrogens is 1. The summed E-state index contributed by atoms with van der Waals surface area (Å²) in [4.78, 5) is 26.6. The molecule has 1 aromatic carbocycles. The second-order valence-electron chi connectivity index (χ2n) is 4.33. The zero-order chi connectivity index (χ0) is 15.2. The number of nitrogens with one attached hydrogen (secondary N) is 1. The van der Waals surface area contributed by atoms with Crippen LogP contribution in [0.3, 0.4) is 0 Å². The Kier molecular flexibility index (Phi) is 4.84. The fourth-order valence-corrected chi connectivity index (χ4v) is 2.29. The molecule has 108 valence electrons. The van der Waals surface area contributed by atoms with E-state index >= 15 is 0 Å². The van der Waals surface area contributed by atoms with Crippen LogP contribution in [0.2, 0.25) is 0 Å². The van der Waals surface area contributed by atoms with Crippen molar-refractivity contribution in [3.8, 4) is 0 Å². The van der Waals surface area contributed by atoms with Crippen molar-refractivity contribution >= 4 is 29.3 Å². The van der Waals surface area contributed by atoms with Crippen molar-refractivity contribution in [2.24, 2.45) is 0 Å². The Morgan fingerprint density at radius 2 is 2.05 bits per heavy atom. The number of carboxylic acids is 1. The molecule has 0 saturated heterocycles. The van der Waals surface area contributed by atoms with Crippen molar-refractivity contribution in [2.75, 3.05) is 0 Å². The number of hydrogen-bond acceptors (Lipinski definition) is 4. The number of rotatable bonds is 5. The molecule has 5 nitrogen and oxygen atoms in total. The van der Waals surface area contributed by atoms with Crippen LogP contribution in [0.5, 0.6) is 0 Å². The molecule has 1 amide bonds. The third kappa shape index (κ3) is 4.54. The molecule has 0 fully saturated rings. The highest BCUT2D eigenvalue weighted by molar-refractivity contribution is 7.09. The summed E-state index contributed by atoms with van der Waals surface area (Å²) in [5, 5.41) is 14.2. The lowest BCUT2D eigenvalue weighted by Crippen LogP contribution is -2.22. The first-order valence-electron chi connectivity index (χ1n) is 6.25. The standard InChI is InChI=1S/C15H14N2O3S/c1-10-17-13(9-21-10)8-16-15(20)12-5-2-11(3-6-12)4-7-14(18)19/h2-7,9H,8H2,1H3,(H,16,20)(H,18,19). The number of carbonyl (C=O) groups is 2. The van der Waals surface area contributed by atoms with Crippen molar-refractivity contribution in [3.63, 3.8) is 0 Å². The fourth-order valence-electron chi connectivity index (χ4n) is 1.68. The number of aryl methyl sites for hydroxylation is 1. The molecule has 0 atom stereocenters. The van der Waals surface area contributed by atoms with E-state index in [9.17, 15) is 9.59 Å². The average molecular weight is 302 g/mol. The van der Waals surface area contributed by atoms with Crippen LogP contribution < -0.4 is 5.32 Å². The first-order valence-corrected chi connectivity index (χ1v) is 7.13. The molecule has 1 heterocycles. The molecule has 2 N–H and O–H groups in total. The molecule has 2 aromatic rings. The van der Waals surface area contributed by atoms with Gasteiger partial charge in [-0.2, -0.15) is 0 Å². The van der Waals surface area contributed by atoms with E-state index in [1.54, 1.807) is 35.6 Å². The van der Waals surface area contributed by atoms with Crippen molar-refractivity contribution in [2.45, 2.75) is 13.5 Å². The highest BCUT2D eigenvalue weighted by atomic mass is 32.1. The average Bonchev–Trinajstić information content (AvgIpc) is 2.89. The molecule has 0 saturated carbocycles. The van der Waals surface area contributed by atoms with Crippen LogP contribution in [0.1, 0.15) is 26.6 Å². The zero-order valence-electron chi connectivity index (χ0n) is 11.4. The van der Waals surface area contributed by atoms with Gasteiger partial charge in [-0.1, -0.05) is 12.1 Å². The number of aliphatic carboxylic acids is 1. The van der Waals surface area contributed by atoms with E-state index in [1.807, 2.05) is 12.3 Å². The Bertz CT molecular complexity index is 674. The zero-order valence-corrected chi connectivity index (χ0v) is 12.2.